The molecule has 0 aromatic rings. The van der Waals surface area contributed by atoms with E-state index in [0.29, 0.717) is 6.04 Å². The topological polar surface area (TPSA) is 23.1 Å². The second-order valence-corrected chi connectivity index (χ2v) is 4.43. The Morgan fingerprint density at radius 2 is 1.33 bits per heavy atom. The summed E-state index contributed by atoms with van der Waals surface area (Å²) in [7, 11) is 3.57. The minimum Gasteiger partial charge on any atom is -0.633 e. The van der Waals surface area contributed by atoms with Crippen LogP contribution in [0, 0.1) is 5.21 Å². The second kappa shape index (κ2) is 4.24. The number of nitrogens with zero attached hydrogens (tertiary/aromatic N) is 1. The van der Waals surface area contributed by atoms with Gasteiger partial charge in [0.2, 0.25) is 0 Å². The quantitative estimate of drug-likeness (QED) is 0.439. The van der Waals surface area contributed by atoms with E-state index in [1.54, 1.807) is 14.1 Å². The van der Waals surface area contributed by atoms with Crippen molar-refractivity contribution in [2.45, 2.75) is 51.0 Å². The fraction of sp³-hybridized carbons (Fsp3) is 1.00. The zero-order valence-corrected chi connectivity index (χ0v) is 8.38. The van der Waals surface area contributed by atoms with Gasteiger partial charge in [0.25, 0.3) is 0 Å². The van der Waals surface area contributed by atoms with Crippen LogP contribution in [0.5, 0.6) is 0 Å². The molecule has 0 amide bonds. The van der Waals surface area contributed by atoms with Crippen molar-refractivity contribution in [2.24, 2.45) is 0 Å². The lowest BCUT2D eigenvalue weighted by Crippen LogP contribution is -2.43. The van der Waals surface area contributed by atoms with Gasteiger partial charge in [-0.3, -0.25) is 0 Å². The largest absolute Gasteiger partial charge is 0.633 e. The molecule has 0 aromatic heterocycles. The molecule has 72 valence electrons. The molecule has 0 bridgehead atoms. The van der Waals surface area contributed by atoms with Gasteiger partial charge >= 0.3 is 0 Å². The minimum absolute atomic E-state index is 0.0833. The molecule has 2 heteroatoms. The molecule has 2 nitrogen and oxygen atoms in total. The second-order valence-electron chi connectivity index (χ2n) is 4.43. The Morgan fingerprint density at radius 3 is 1.75 bits per heavy atom. The van der Waals surface area contributed by atoms with Crippen molar-refractivity contribution in [2.75, 3.05) is 14.1 Å². The fourth-order valence-electron chi connectivity index (χ4n) is 2.06. The number of hydrogen-bond donors (Lipinski definition) is 0. The van der Waals surface area contributed by atoms with Gasteiger partial charge < -0.3 is 9.85 Å². The van der Waals surface area contributed by atoms with Gasteiger partial charge in [-0.2, -0.15) is 0 Å². The molecular weight excluding hydrogens is 150 g/mol. The highest BCUT2D eigenvalue weighted by Gasteiger charge is 2.20. The Morgan fingerprint density at radius 1 is 0.917 bits per heavy atom. The van der Waals surface area contributed by atoms with E-state index in [1.165, 1.54) is 32.1 Å². The Balaban J connectivity index is 2.40. The van der Waals surface area contributed by atoms with E-state index in [-0.39, 0.29) is 4.65 Å². The van der Waals surface area contributed by atoms with Crippen molar-refractivity contribution < 1.29 is 4.65 Å². The van der Waals surface area contributed by atoms with Gasteiger partial charge in [0, 0.05) is 0 Å². The predicted molar refractivity (Wildman–Crippen MR) is 51.6 cm³/mol. The summed E-state index contributed by atoms with van der Waals surface area (Å²) in [6, 6.07) is 0.366. The van der Waals surface area contributed by atoms with E-state index >= 15 is 0 Å². The maximum atomic E-state index is 11.7. The molecule has 1 rings (SSSR count). The number of hydrogen-bond acceptors (Lipinski definition) is 1. The monoisotopic (exact) mass is 171 g/mol. The van der Waals surface area contributed by atoms with E-state index in [4.69, 9.17) is 0 Å². The highest BCUT2D eigenvalue weighted by molar-refractivity contribution is 4.63. The van der Waals surface area contributed by atoms with E-state index in [0.717, 1.165) is 12.8 Å². The summed E-state index contributed by atoms with van der Waals surface area (Å²) in [6.07, 6.45) is 8.82. The molecule has 1 fully saturated rings. The Kier molecular flexibility index (Phi) is 3.53. The first-order valence-electron chi connectivity index (χ1n) is 5.15. The normalized spacial score (nSPS) is 23.2. The maximum absolute atomic E-state index is 11.7. The Hall–Kier alpha value is -0.0800. The van der Waals surface area contributed by atoms with E-state index in [2.05, 4.69) is 0 Å². The smallest absolute Gasteiger partial charge is 0.0883 e. The number of quaternary nitrogens is 1. The van der Waals surface area contributed by atoms with E-state index in [1.807, 2.05) is 0 Å². The summed E-state index contributed by atoms with van der Waals surface area (Å²) < 4.78 is -0.0833. The minimum atomic E-state index is -0.0833. The molecule has 0 heterocycles. The molecule has 0 aromatic carbocycles. The van der Waals surface area contributed by atoms with Gasteiger partial charge in [0.05, 0.1) is 20.1 Å². The van der Waals surface area contributed by atoms with E-state index in [9.17, 15) is 5.21 Å². The first kappa shape index (κ1) is 10.0. The third-order valence-electron chi connectivity index (χ3n) is 2.95. The van der Waals surface area contributed by atoms with Gasteiger partial charge in [0.15, 0.2) is 0 Å². The number of rotatable bonds is 1. The fourth-order valence-corrected chi connectivity index (χ4v) is 2.06. The van der Waals surface area contributed by atoms with Crippen LogP contribution in [0.3, 0.4) is 0 Å². The molecule has 0 atom stereocenters. The molecule has 0 radical (unpaired) electrons. The van der Waals surface area contributed by atoms with Crippen LogP contribution in [0.4, 0.5) is 0 Å². The van der Waals surface area contributed by atoms with Gasteiger partial charge in [0.1, 0.15) is 0 Å². The van der Waals surface area contributed by atoms with Crippen LogP contribution in [-0.4, -0.2) is 24.8 Å². The summed E-state index contributed by atoms with van der Waals surface area (Å²) >= 11 is 0. The zero-order valence-electron chi connectivity index (χ0n) is 8.38. The average molecular weight is 171 g/mol. The summed E-state index contributed by atoms with van der Waals surface area (Å²) in [4.78, 5) is 0. The van der Waals surface area contributed by atoms with Crippen molar-refractivity contribution in [3.05, 3.63) is 5.21 Å². The maximum Gasteiger partial charge on any atom is 0.0883 e. The molecular formula is C10H21NO. The third-order valence-corrected chi connectivity index (χ3v) is 2.95. The van der Waals surface area contributed by atoms with Crippen LogP contribution in [0.15, 0.2) is 0 Å². The first-order valence-corrected chi connectivity index (χ1v) is 5.15. The first-order chi connectivity index (χ1) is 5.61. The summed E-state index contributed by atoms with van der Waals surface area (Å²) in [6.45, 7) is 0. The number of hydroxylamine groups is 3. The Labute approximate surface area is 75.7 Å². The SMILES string of the molecule is C[N+](C)([O-])C1CCCCCCC1. The molecule has 1 aliphatic rings. The van der Waals surface area contributed by atoms with Crippen molar-refractivity contribution in [1.82, 2.24) is 0 Å². The molecule has 0 N–H and O–H groups in total. The Bertz CT molecular complexity index is 120. The van der Waals surface area contributed by atoms with Crippen LogP contribution in [0.2, 0.25) is 0 Å². The lowest BCUT2D eigenvalue weighted by atomic mass is 9.96. The molecule has 0 saturated heterocycles. The van der Waals surface area contributed by atoms with Crippen molar-refractivity contribution in [3.8, 4) is 0 Å². The standard InChI is InChI=1S/C10H21NO/c1-11(2,12)10-8-6-4-3-5-7-9-10/h10H,3-9H2,1-2H3. The average Bonchev–Trinajstić information content (AvgIpc) is 1.81. The van der Waals surface area contributed by atoms with Crippen molar-refractivity contribution >= 4 is 0 Å². The lowest BCUT2D eigenvalue weighted by molar-refractivity contribution is -0.867. The predicted octanol–water partition coefficient (Wildman–Crippen LogP) is 2.67. The van der Waals surface area contributed by atoms with Gasteiger partial charge in [-0.1, -0.05) is 19.3 Å². The third kappa shape index (κ3) is 3.11. The van der Waals surface area contributed by atoms with Gasteiger partial charge in [-0.25, -0.2) is 0 Å². The lowest BCUT2D eigenvalue weighted by Gasteiger charge is -2.42. The molecule has 0 aliphatic heterocycles. The zero-order chi connectivity index (χ0) is 9.03. The van der Waals surface area contributed by atoms with Crippen LogP contribution in [0.1, 0.15) is 44.9 Å². The molecule has 0 unspecified atom stereocenters. The summed E-state index contributed by atoms with van der Waals surface area (Å²) in [5, 5.41) is 11.7. The molecule has 1 saturated carbocycles. The van der Waals surface area contributed by atoms with E-state index < -0.39 is 0 Å². The van der Waals surface area contributed by atoms with Crippen LogP contribution >= 0.6 is 0 Å². The van der Waals surface area contributed by atoms with Crippen LogP contribution in [-0.2, 0) is 0 Å². The van der Waals surface area contributed by atoms with Crippen LogP contribution < -0.4 is 0 Å². The van der Waals surface area contributed by atoms with Gasteiger partial charge in [-0.15, -0.1) is 0 Å². The van der Waals surface area contributed by atoms with Gasteiger partial charge in [-0.05, 0) is 25.7 Å². The summed E-state index contributed by atoms with van der Waals surface area (Å²) in [5.74, 6) is 0. The molecule has 1 aliphatic carbocycles. The van der Waals surface area contributed by atoms with Crippen LogP contribution in [0.25, 0.3) is 0 Å². The highest BCUT2D eigenvalue weighted by Crippen LogP contribution is 2.23. The summed E-state index contributed by atoms with van der Waals surface area (Å²) in [5.41, 5.74) is 0. The highest BCUT2D eigenvalue weighted by atomic mass is 16.5. The van der Waals surface area contributed by atoms with Crippen molar-refractivity contribution in [1.29, 1.82) is 0 Å². The van der Waals surface area contributed by atoms with Crippen molar-refractivity contribution in [3.63, 3.8) is 0 Å². The molecule has 0 spiro atoms. The molecule has 12 heavy (non-hydrogen) atoms.